The highest BCUT2D eigenvalue weighted by Crippen LogP contribution is 2.43. The van der Waals surface area contributed by atoms with Crippen molar-refractivity contribution in [1.29, 1.82) is 0 Å². The molecule has 1 aromatic heterocycles. The van der Waals surface area contributed by atoms with E-state index in [1.54, 1.807) is 0 Å². The van der Waals surface area contributed by atoms with E-state index < -0.39 is 0 Å². The van der Waals surface area contributed by atoms with E-state index in [2.05, 4.69) is 39.8 Å². The van der Waals surface area contributed by atoms with Crippen molar-refractivity contribution in [3.05, 3.63) is 15.6 Å². The summed E-state index contributed by atoms with van der Waals surface area (Å²) in [6.45, 7) is 3.12. The van der Waals surface area contributed by atoms with E-state index in [-0.39, 0.29) is 0 Å². The number of aromatic nitrogens is 2. The van der Waals surface area contributed by atoms with Crippen molar-refractivity contribution in [2.45, 2.75) is 50.7 Å². The van der Waals surface area contributed by atoms with Gasteiger partial charge < -0.3 is 10.1 Å². The molecule has 5 heteroatoms. The minimum Gasteiger partial charge on any atom is -0.374 e. The highest BCUT2D eigenvalue weighted by molar-refractivity contribution is 14.1. The van der Waals surface area contributed by atoms with Gasteiger partial charge in [0.25, 0.3) is 0 Å². The standard InChI is InChI=1S/C13H18IN3O/c1-2-5-15-13-10(14)7-16-12(17-13)9-6-8-3-4-11(9)18-8/h7-9,11H,2-6H2,1H3,(H,15,16,17). The van der Waals surface area contributed by atoms with E-state index in [0.717, 1.165) is 34.6 Å². The lowest BCUT2D eigenvalue weighted by molar-refractivity contribution is 0.0999. The Labute approximate surface area is 121 Å². The van der Waals surface area contributed by atoms with E-state index in [0.29, 0.717) is 18.1 Å². The van der Waals surface area contributed by atoms with Crippen LogP contribution >= 0.6 is 22.6 Å². The fraction of sp³-hybridized carbons (Fsp3) is 0.692. The van der Waals surface area contributed by atoms with Gasteiger partial charge in [-0.3, -0.25) is 0 Å². The van der Waals surface area contributed by atoms with Crippen LogP contribution in [-0.2, 0) is 4.74 Å². The van der Waals surface area contributed by atoms with Gasteiger partial charge in [0.2, 0.25) is 0 Å². The topological polar surface area (TPSA) is 47.0 Å². The molecule has 3 heterocycles. The predicted octanol–water partition coefficient (Wildman–Crippen LogP) is 2.94. The van der Waals surface area contributed by atoms with Crippen LogP contribution in [0.1, 0.15) is 44.3 Å². The monoisotopic (exact) mass is 359 g/mol. The maximum atomic E-state index is 5.89. The molecule has 98 valence electrons. The van der Waals surface area contributed by atoms with Crippen LogP contribution in [0.4, 0.5) is 5.82 Å². The van der Waals surface area contributed by atoms with Crippen LogP contribution in [0.3, 0.4) is 0 Å². The van der Waals surface area contributed by atoms with Gasteiger partial charge in [-0.25, -0.2) is 9.97 Å². The molecular formula is C13H18IN3O. The quantitative estimate of drug-likeness (QED) is 0.840. The van der Waals surface area contributed by atoms with Crippen molar-refractivity contribution in [3.8, 4) is 0 Å². The Morgan fingerprint density at radius 2 is 2.39 bits per heavy atom. The highest BCUT2D eigenvalue weighted by atomic mass is 127. The average molecular weight is 359 g/mol. The summed E-state index contributed by atoms with van der Waals surface area (Å²) < 4.78 is 6.98. The fourth-order valence-electron chi connectivity index (χ4n) is 2.84. The number of halogens is 1. The summed E-state index contributed by atoms with van der Waals surface area (Å²) in [6.07, 6.45) is 7.32. The smallest absolute Gasteiger partial charge is 0.143 e. The van der Waals surface area contributed by atoms with Crippen molar-refractivity contribution in [3.63, 3.8) is 0 Å². The molecule has 4 nitrogen and oxygen atoms in total. The lowest BCUT2D eigenvalue weighted by Gasteiger charge is -2.18. The molecule has 2 aliphatic rings. The van der Waals surface area contributed by atoms with Crippen LogP contribution in [0.5, 0.6) is 0 Å². The number of hydrogen-bond donors (Lipinski definition) is 1. The lowest BCUT2D eigenvalue weighted by atomic mass is 9.88. The highest BCUT2D eigenvalue weighted by Gasteiger charge is 2.42. The first-order valence-corrected chi connectivity index (χ1v) is 7.77. The van der Waals surface area contributed by atoms with Crippen molar-refractivity contribution < 1.29 is 4.74 Å². The molecule has 2 fully saturated rings. The molecule has 0 aliphatic carbocycles. The van der Waals surface area contributed by atoms with Gasteiger partial charge in [0.05, 0.1) is 15.8 Å². The van der Waals surface area contributed by atoms with Gasteiger partial charge in [-0.1, -0.05) is 6.92 Å². The van der Waals surface area contributed by atoms with Crippen molar-refractivity contribution >= 4 is 28.4 Å². The van der Waals surface area contributed by atoms with E-state index in [1.165, 1.54) is 12.8 Å². The first kappa shape index (κ1) is 12.6. The summed E-state index contributed by atoms with van der Waals surface area (Å²) in [5.74, 6) is 2.34. The van der Waals surface area contributed by atoms with E-state index >= 15 is 0 Å². The number of ether oxygens (including phenoxy) is 1. The van der Waals surface area contributed by atoms with Gasteiger partial charge in [-0.2, -0.15) is 0 Å². The van der Waals surface area contributed by atoms with Gasteiger partial charge >= 0.3 is 0 Å². The zero-order valence-corrected chi connectivity index (χ0v) is 12.7. The largest absolute Gasteiger partial charge is 0.374 e. The van der Waals surface area contributed by atoms with Crippen molar-refractivity contribution in [2.24, 2.45) is 0 Å². The molecule has 2 aliphatic heterocycles. The fourth-order valence-corrected chi connectivity index (χ4v) is 3.29. The molecule has 0 radical (unpaired) electrons. The average Bonchev–Trinajstić information content (AvgIpc) is 3.00. The van der Waals surface area contributed by atoms with Crippen LogP contribution < -0.4 is 5.32 Å². The van der Waals surface area contributed by atoms with Crippen LogP contribution in [0.2, 0.25) is 0 Å². The maximum Gasteiger partial charge on any atom is 0.143 e. The van der Waals surface area contributed by atoms with Gasteiger partial charge in [-0.15, -0.1) is 0 Å². The van der Waals surface area contributed by atoms with Gasteiger partial charge in [0.15, 0.2) is 0 Å². The van der Waals surface area contributed by atoms with Crippen molar-refractivity contribution in [1.82, 2.24) is 9.97 Å². The Balaban J connectivity index is 1.80. The van der Waals surface area contributed by atoms with Crippen LogP contribution in [0.25, 0.3) is 0 Å². The Kier molecular flexibility index (Phi) is 3.70. The van der Waals surface area contributed by atoms with E-state index in [4.69, 9.17) is 9.72 Å². The molecule has 1 aromatic rings. The SMILES string of the molecule is CCCNc1nc(C2CC3CCC2O3)ncc1I. The lowest BCUT2D eigenvalue weighted by Crippen LogP contribution is -2.18. The number of anilines is 1. The van der Waals surface area contributed by atoms with Gasteiger partial charge in [-0.05, 0) is 48.3 Å². The zero-order valence-electron chi connectivity index (χ0n) is 10.5. The molecule has 0 saturated carbocycles. The molecule has 1 N–H and O–H groups in total. The normalized spacial score (nSPS) is 29.8. The Hall–Kier alpha value is -0.430. The van der Waals surface area contributed by atoms with Crippen LogP contribution in [0, 0.1) is 3.57 Å². The molecule has 0 spiro atoms. The summed E-state index contributed by atoms with van der Waals surface area (Å²) in [4.78, 5) is 9.21. The molecular weight excluding hydrogens is 341 g/mol. The van der Waals surface area contributed by atoms with Gasteiger partial charge in [0.1, 0.15) is 11.6 Å². The number of rotatable bonds is 4. The maximum absolute atomic E-state index is 5.89. The third kappa shape index (κ3) is 2.34. The van der Waals surface area contributed by atoms with E-state index in [9.17, 15) is 0 Å². The molecule has 0 amide bonds. The van der Waals surface area contributed by atoms with Crippen LogP contribution in [-0.4, -0.2) is 28.7 Å². The molecule has 3 unspecified atom stereocenters. The summed E-state index contributed by atoms with van der Waals surface area (Å²) in [5.41, 5.74) is 0. The summed E-state index contributed by atoms with van der Waals surface area (Å²) in [5, 5.41) is 3.37. The number of fused-ring (bicyclic) bond motifs is 2. The number of hydrogen-bond acceptors (Lipinski definition) is 4. The second-order valence-electron chi connectivity index (χ2n) is 5.07. The second-order valence-corrected chi connectivity index (χ2v) is 6.23. The second kappa shape index (κ2) is 5.28. The molecule has 2 bridgehead atoms. The summed E-state index contributed by atoms with van der Waals surface area (Å²) >= 11 is 2.28. The molecule has 3 atom stereocenters. The third-order valence-electron chi connectivity index (χ3n) is 3.74. The first-order chi connectivity index (χ1) is 8.78. The first-order valence-electron chi connectivity index (χ1n) is 6.69. The Morgan fingerprint density at radius 1 is 1.50 bits per heavy atom. The molecule has 18 heavy (non-hydrogen) atoms. The Morgan fingerprint density at radius 3 is 3.06 bits per heavy atom. The van der Waals surface area contributed by atoms with Crippen molar-refractivity contribution in [2.75, 3.05) is 11.9 Å². The zero-order chi connectivity index (χ0) is 12.5. The molecule has 3 rings (SSSR count). The summed E-state index contributed by atoms with van der Waals surface area (Å²) in [6, 6.07) is 0. The third-order valence-corrected chi connectivity index (χ3v) is 4.53. The van der Waals surface area contributed by atoms with Gasteiger partial charge in [0, 0.05) is 18.7 Å². The number of nitrogens with zero attached hydrogens (tertiary/aromatic N) is 2. The Bertz CT molecular complexity index is 440. The molecule has 2 saturated heterocycles. The number of nitrogens with one attached hydrogen (secondary N) is 1. The minimum absolute atomic E-state index is 0.356. The molecule has 0 aromatic carbocycles. The summed E-state index contributed by atoms with van der Waals surface area (Å²) in [7, 11) is 0. The van der Waals surface area contributed by atoms with E-state index in [1.807, 2.05) is 6.20 Å². The van der Waals surface area contributed by atoms with Crippen LogP contribution in [0.15, 0.2) is 6.20 Å². The predicted molar refractivity (Wildman–Crippen MR) is 78.8 cm³/mol. The minimum atomic E-state index is 0.356.